The molecule has 332 valence electrons. The third-order valence-electron chi connectivity index (χ3n) is 13.7. The van der Waals surface area contributed by atoms with Crippen molar-refractivity contribution in [3.8, 4) is 67.4 Å². The molecule has 2 atom stereocenters. The van der Waals surface area contributed by atoms with Crippen LogP contribution >= 0.6 is 0 Å². The van der Waals surface area contributed by atoms with Gasteiger partial charge >= 0.3 is 0 Å². The van der Waals surface area contributed by atoms with Gasteiger partial charge < -0.3 is 0 Å². The van der Waals surface area contributed by atoms with E-state index in [2.05, 4.69) is 219 Å². The summed E-state index contributed by atoms with van der Waals surface area (Å²) >= 11 is 0. The summed E-state index contributed by atoms with van der Waals surface area (Å²) in [5, 5.41) is 4.48. The summed E-state index contributed by atoms with van der Waals surface area (Å²) in [5.74, 6) is 0.186. The number of allylic oxidation sites excluding steroid dienone is 1. The first-order chi connectivity index (χ1) is 34.6. The first-order valence-electron chi connectivity index (χ1n) is 24.0. The smallest absolute Gasteiger partial charge is 0.0927 e. The molecule has 70 heavy (non-hydrogen) atoms. The standard InChI is InChI=1S/C65H47N5/c1-3-18-47-34-37-58(70-65(47)64-42(2)61(46-21-8-5-9-22-46)54-27-14-15-29-56(54)69-64)63-52-25-12-10-23-50(52)62(51-24-11-13-26-53(51)63)49-39-59(45-32-30-44(31-33-45)55-28-16-17-38-66-55)68-60(40-49)57-36-35-48(41-67-57)43-19-6-4-7-20-43/h3-42,61H,1-2H3/b18-3-/t42?,61-/m0/s1. The summed E-state index contributed by atoms with van der Waals surface area (Å²) < 4.78 is 0. The first-order valence-corrected chi connectivity index (χ1v) is 24.0. The maximum Gasteiger partial charge on any atom is 0.0927 e. The quantitative estimate of drug-likeness (QED) is 0.135. The van der Waals surface area contributed by atoms with Crippen LogP contribution in [0.5, 0.6) is 0 Å². The molecule has 11 aromatic rings. The third kappa shape index (κ3) is 7.77. The molecule has 0 amide bonds. The van der Waals surface area contributed by atoms with Crippen molar-refractivity contribution < 1.29 is 0 Å². The fourth-order valence-corrected chi connectivity index (χ4v) is 10.4. The lowest BCUT2D eigenvalue weighted by atomic mass is 9.75. The van der Waals surface area contributed by atoms with Crippen LogP contribution in [0.2, 0.25) is 0 Å². The monoisotopic (exact) mass is 897 g/mol. The molecule has 0 spiro atoms. The molecule has 0 bridgehead atoms. The van der Waals surface area contributed by atoms with Crippen molar-refractivity contribution in [3.05, 3.63) is 253 Å². The largest absolute Gasteiger partial charge is 0.256 e. The van der Waals surface area contributed by atoms with Crippen molar-refractivity contribution in [1.82, 2.24) is 19.9 Å². The van der Waals surface area contributed by atoms with Crippen LogP contribution in [0.25, 0.3) is 95.0 Å². The molecule has 0 saturated heterocycles. The van der Waals surface area contributed by atoms with Crippen LogP contribution in [-0.2, 0) is 0 Å². The van der Waals surface area contributed by atoms with Gasteiger partial charge in [0.1, 0.15) is 0 Å². The number of pyridine rings is 4. The molecule has 0 saturated carbocycles. The summed E-state index contributed by atoms with van der Waals surface area (Å²) in [6.45, 7) is 4.37. The fraction of sp³-hybridized carbons (Fsp3) is 0.0615. The van der Waals surface area contributed by atoms with E-state index in [-0.39, 0.29) is 11.8 Å². The van der Waals surface area contributed by atoms with E-state index in [0.717, 1.165) is 112 Å². The highest BCUT2D eigenvalue weighted by atomic mass is 14.8. The molecule has 4 aromatic heterocycles. The van der Waals surface area contributed by atoms with Gasteiger partial charge in [0.25, 0.3) is 0 Å². The van der Waals surface area contributed by atoms with Crippen LogP contribution in [0.4, 0.5) is 5.69 Å². The minimum atomic E-state index is 0.0604. The van der Waals surface area contributed by atoms with E-state index in [1.54, 1.807) is 0 Å². The topological polar surface area (TPSA) is 63.9 Å². The van der Waals surface area contributed by atoms with Crippen LogP contribution in [-0.4, -0.2) is 25.6 Å². The van der Waals surface area contributed by atoms with Gasteiger partial charge in [0.2, 0.25) is 0 Å². The molecule has 12 rings (SSSR count). The number of aromatic nitrogens is 4. The zero-order valence-electron chi connectivity index (χ0n) is 38.9. The van der Waals surface area contributed by atoms with Gasteiger partial charge in [0, 0.05) is 52.0 Å². The molecule has 1 aliphatic rings. The Kier molecular flexibility index (Phi) is 11.1. The van der Waals surface area contributed by atoms with E-state index in [9.17, 15) is 0 Å². The van der Waals surface area contributed by atoms with Gasteiger partial charge in [0.15, 0.2) is 0 Å². The van der Waals surface area contributed by atoms with Crippen molar-refractivity contribution in [2.45, 2.75) is 19.8 Å². The maximum absolute atomic E-state index is 5.70. The molecular formula is C65H47N5. The Labute approximate surface area is 408 Å². The SMILES string of the molecule is C/C=C\c1ccc(-c2c3ccccc3c(-c3cc(-c4ccc(-c5ccccn5)cc4)nc(-c4ccc(-c5ccccc5)cn4)c3)c3ccccc23)nc1C1=Nc2ccccc2[C@H](c2ccccc2)C1C. The molecule has 1 unspecified atom stereocenters. The zero-order chi connectivity index (χ0) is 47.0. The lowest BCUT2D eigenvalue weighted by Crippen LogP contribution is -2.26. The lowest BCUT2D eigenvalue weighted by Gasteiger charge is -2.32. The molecule has 1 aliphatic heterocycles. The summed E-state index contributed by atoms with van der Waals surface area (Å²) in [6.07, 6.45) is 8.03. The minimum Gasteiger partial charge on any atom is -0.256 e. The van der Waals surface area contributed by atoms with Crippen molar-refractivity contribution in [3.63, 3.8) is 0 Å². The van der Waals surface area contributed by atoms with Crippen molar-refractivity contribution in [2.24, 2.45) is 10.9 Å². The van der Waals surface area contributed by atoms with Crippen LogP contribution in [0, 0.1) is 5.92 Å². The second kappa shape index (κ2) is 18.3. The number of nitrogens with zero attached hydrogens (tertiary/aromatic N) is 5. The van der Waals surface area contributed by atoms with Crippen LogP contribution in [0.1, 0.15) is 42.1 Å². The Morgan fingerprint density at radius 2 is 1.03 bits per heavy atom. The highest BCUT2D eigenvalue weighted by Crippen LogP contribution is 2.47. The van der Waals surface area contributed by atoms with Gasteiger partial charge in [-0.15, -0.1) is 0 Å². The van der Waals surface area contributed by atoms with Crippen molar-refractivity contribution in [1.29, 1.82) is 0 Å². The van der Waals surface area contributed by atoms with Crippen molar-refractivity contribution in [2.75, 3.05) is 0 Å². The van der Waals surface area contributed by atoms with E-state index in [0.29, 0.717) is 0 Å². The van der Waals surface area contributed by atoms with Crippen LogP contribution in [0.3, 0.4) is 0 Å². The summed E-state index contributed by atoms with van der Waals surface area (Å²) in [4.78, 5) is 26.1. The minimum absolute atomic E-state index is 0.0604. The molecule has 5 heteroatoms. The van der Waals surface area contributed by atoms with Crippen LogP contribution in [0.15, 0.2) is 236 Å². The summed E-state index contributed by atoms with van der Waals surface area (Å²) in [7, 11) is 0. The maximum atomic E-state index is 5.70. The number of hydrogen-bond donors (Lipinski definition) is 0. The molecule has 0 radical (unpaired) electrons. The molecule has 5 nitrogen and oxygen atoms in total. The molecule has 5 heterocycles. The molecule has 0 fully saturated rings. The summed E-state index contributed by atoms with van der Waals surface area (Å²) in [5.41, 5.74) is 18.2. The molecular weight excluding hydrogens is 851 g/mol. The van der Waals surface area contributed by atoms with Gasteiger partial charge in [-0.3, -0.25) is 15.0 Å². The zero-order valence-corrected chi connectivity index (χ0v) is 38.9. The van der Waals surface area contributed by atoms with Gasteiger partial charge in [0.05, 0.1) is 45.6 Å². The Morgan fingerprint density at radius 3 is 1.70 bits per heavy atom. The van der Waals surface area contributed by atoms with Gasteiger partial charge in [-0.05, 0) is 98.8 Å². The van der Waals surface area contributed by atoms with Crippen LogP contribution < -0.4 is 0 Å². The van der Waals surface area contributed by atoms with E-state index >= 15 is 0 Å². The predicted octanol–water partition coefficient (Wildman–Crippen LogP) is 16.5. The van der Waals surface area contributed by atoms with E-state index in [1.165, 1.54) is 11.1 Å². The molecule has 0 N–H and O–H groups in total. The molecule has 7 aromatic carbocycles. The third-order valence-corrected chi connectivity index (χ3v) is 13.7. The Hall–Kier alpha value is -8.93. The van der Waals surface area contributed by atoms with Gasteiger partial charge in [-0.2, -0.15) is 0 Å². The Balaban J connectivity index is 1.05. The Bertz CT molecular complexity index is 3610. The van der Waals surface area contributed by atoms with Gasteiger partial charge in [-0.25, -0.2) is 9.97 Å². The number of para-hydroxylation sites is 1. The van der Waals surface area contributed by atoms with Gasteiger partial charge in [-0.1, -0.05) is 189 Å². The second-order valence-electron chi connectivity index (χ2n) is 17.9. The lowest BCUT2D eigenvalue weighted by molar-refractivity contribution is 0.648. The highest BCUT2D eigenvalue weighted by Gasteiger charge is 2.33. The predicted molar refractivity (Wildman–Crippen MR) is 290 cm³/mol. The number of hydrogen-bond acceptors (Lipinski definition) is 5. The fourth-order valence-electron chi connectivity index (χ4n) is 10.4. The van der Waals surface area contributed by atoms with E-state index in [1.807, 2.05) is 36.7 Å². The van der Waals surface area contributed by atoms with Crippen molar-refractivity contribution >= 4 is 39.0 Å². The highest BCUT2D eigenvalue weighted by molar-refractivity contribution is 6.21. The molecule has 0 aliphatic carbocycles. The number of fused-ring (bicyclic) bond motifs is 3. The Morgan fingerprint density at radius 1 is 0.429 bits per heavy atom. The van der Waals surface area contributed by atoms with E-state index in [4.69, 9.17) is 19.9 Å². The average molecular weight is 898 g/mol. The number of benzene rings is 7. The normalized spacial score (nSPS) is 14.5. The van der Waals surface area contributed by atoms with E-state index < -0.39 is 0 Å². The first kappa shape index (κ1) is 42.4. The summed E-state index contributed by atoms with van der Waals surface area (Å²) in [6, 6.07) is 74.9. The number of rotatable bonds is 9. The number of aliphatic imine (C=N–C) groups is 1. The average Bonchev–Trinajstić information content (AvgIpc) is 3.43. The second-order valence-corrected chi connectivity index (χ2v) is 17.9.